The fraction of sp³-hybridized carbons (Fsp3) is 0.0500. The Morgan fingerprint density at radius 1 is 0.857 bits per heavy atom. The molecular formula is C20H16O. The molecular weight excluding hydrogens is 256 g/mol. The summed E-state index contributed by atoms with van der Waals surface area (Å²) >= 11 is 0. The smallest absolute Gasteiger partial charge is 0.150 e. The largest absolute Gasteiger partial charge is 0.298 e. The molecule has 0 unspecified atom stereocenters. The van der Waals surface area contributed by atoms with Crippen molar-refractivity contribution in [2.45, 2.75) is 6.92 Å². The third-order valence-corrected chi connectivity index (χ3v) is 3.71. The molecule has 0 N–H and O–H groups in total. The first kappa shape index (κ1) is 13.3. The van der Waals surface area contributed by atoms with Crippen molar-refractivity contribution in [3.05, 3.63) is 94.6 Å². The van der Waals surface area contributed by atoms with E-state index < -0.39 is 0 Å². The number of benzene rings is 2. The third-order valence-electron chi connectivity index (χ3n) is 3.71. The molecule has 1 aliphatic rings. The Morgan fingerprint density at radius 2 is 1.57 bits per heavy atom. The average molecular weight is 272 g/mol. The minimum atomic E-state index is 0.769. The zero-order valence-corrected chi connectivity index (χ0v) is 11.9. The molecule has 0 amide bonds. The van der Waals surface area contributed by atoms with Gasteiger partial charge in [0.25, 0.3) is 0 Å². The maximum absolute atomic E-state index is 11.1. The van der Waals surface area contributed by atoms with E-state index in [1.807, 2.05) is 48.5 Å². The molecule has 1 aliphatic carbocycles. The minimum Gasteiger partial charge on any atom is -0.298 e. The van der Waals surface area contributed by atoms with Crippen molar-refractivity contribution in [2.75, 3.05) is 0 Å². The first-order chi connectivity index (χ1) is 10.3. The van der Waals surface area contributed by atoms with Crippen LogP contribution >= 0.6 is 0 Å². The highest BCUT2D eigenvalue weighted by atomic mass is 16.1. The molecule has 0 saturated carbocycles. The quantitative estimate of drug-likeness (QED) is 0.743. The maximum atomic E-state index is 11.1. The van der Waals surface area contributed by atoms with Crippen LogP contribution in [0.5, 0.6) is 0 Å². The van der Waals surface area contributed by atoms with E-state index in [0.717, 1.165) is 28.6 Å². The van der Waals surface area contributed by atoms with Crippen molar-refractivity contribution in [1.82, 2.24) is 0 Å². The van der Waals surface area contributed by atoms with E-state index in [0.29, 0.717) is 0 Å². The SMILES string of the molecule is Cc1ccccc1/C=C/C1=C(c2ccccc2)C(C=O)=C1. The van der Waals surface area contributed by atoms with Crippen molar-refractivity contribution in [3.63, 3.8) is 0 Å². The summed E-state index contributed by atoms with van der Waals surface area (Å²) in [5.41, 5.74) is 6.44. The van der Waals surface area contributed by atoms with E-state index in [1.54, 1.807) is 0 Å². The lowest BCUT2D eigenvalue weighted by Crippen LogP contribution is -2.03. The van der Waals surface area contributed by atoms with Gasteiger partial charge in [0.1, 0.15) is 0 Å². The van der Waals surface area contributed by atoms with Gasteiger partial charge in [-0.3, -0.25) is 4.79 Å². The van der Waals surface area contributed by atoms with Gasteiger partial charge in [0.2, 0.25) is 0 Å². The van der Waals surface area contributed by atoms with E-state index in [2.05, 4.69) is 31.2 Å². The molecule has 0 aliphatic heterocycles. The van der Waals surface area contributed by atoms with Gasteiger partial charge in [-0.25, -0.2) is 0 Å². The molecule has 21 heavy (non-hydrogen) atoms. The molecule has 0 heterocycles. The number of aldehydes is 1. The van der Waals surface area contributed by atoms with Crippen LogP contribution in [-0.4, -0.2) is 6.29 Å². The second-order valence-corrected chi connectivity index (χ2v) is 5.10. The van der Waals surface area contributed by atoms with Crippen molar-refractivity contribution < 1.29 is 4.79 Å². The highest BCUT2D eigenvalue weighted by Crippen LogP contribution is 2.35. The monoisotopic (exact) mass is 272 g/mol. The van der Waals surface area contributed by atoms with Gasteiger partial charge in [-0.2, -0.15) is 0 Å². The van der Waals surface area contributed by atoms with Crippen molar-refractivity contribution in [3.8, 4) is 0 Å². The summed E-state index contributed by atoms with van der Waals surface area (Å²) < 4.78 is 0. The van der Waals surface area contributed by atoms with Gasteiger partial charge in [-0.1, -0.05) is 66.7 Å². The number of allylic oxidation sites excluding steroid dienone is 5. The molecule has 0 spiro atoms. The van der Waals surface area contributed by atoms with E-state index in [4.69, 9.17) is 0 Å². The average Bonchev–Trinajstić information content (AvgIpc) is 2.49. The number of carbonyl (C=O) groups is 1. The van der Waals surface area contributed by atoms with Gasteiger partial charge in [-0.15, -0.1) is 0 Å². The highest BCUT2D eigenvalue weighted by Gasteiger charge is 2.19. The van der Waals surface area contributed by atoms with Gasteiger partial charge >= 0.3 is 0 Å². The van der Waals surface area contributed by atoms with Gasteiger partial charge in [0, 0.05) is 5.57 Å². The maximum Gasteiger partial charge on any atom is 0.150 e. The molecule has 2 aromatic rings. The molecule has 0 saturated heterocycles. The van der Waals surface area contributed by atoms with Crippen LogP contribution in [0, 0.1) is 6.92 Å². The summed E-state index contributed by atoms with van der Waals surface area (Å²) in [6.07, 6.45) is 7.04. The van der Waals surface area contributed by atoms with Crippen LogP contribution in [0.25, 0.3) is 11.6 Å². The normalized spacial score (nSPS) is 14.0. The first-order valence-electron chi connectivity index (χ1n) is 7.00. The topological polar surface area (TPSA) is 17.1 Å². The summed E-state index contributed by atoms with van der Waals surface area (Å²) in [7, 11) is 0. The first-order valence-corrected chi connectivity index (χ1v) is 7.00. The van der Waals surface area contributed by atoms with Crippen LogP contribution < -0.4 is 0 Å². The Balaban J connectivity index is 1.94. The van der Waals surface area contributed by atoms with Crippen molar-refractivity contribution in [1.29, 1.82) is 0 Å². The molecule has 1 nitrogen and oxygen atoms in total. The molecule has 0 bridgehead atoms. The Labute approximate surface area is 124 Å². The molecule has 3 rings (SSSR count). The lowest BCUT2D eigenvalue weighted by atomic mass is 9.84. The van der Waals surface area contributed by atoms with Crippen LogP contribution in [0.15, 0.2) is 77.9 Å². The van der Waals surface area contributed by atoms with E-state index in [9.17, 15) is 4.79 Å². The number of aryl methyl sites for hydroxylation is 1. The Kier molecular flexibility index (Phi) is 3.65. The van der Waals surface area contributed by atoms with Crippen LogP contribution in [-0.2, 0) is 4.79 Å². The molecule has 0 aromatic heterocycles. The zero-order chi connectivity index (χ0) is 14.7. The summed E-state index contributed by atoms with van der Waals surface area (Å²) in [6.45, 7) is 2.10. The fourth-order valence-corrected chi connectivity index (χ4v) is 2.52. The van der Waals surface area contributed by atoms with Crippen LogP contribution in [0.4, 0.5) is 0 Å². The lowest BCUT2D eigenvalue weighted by molar-refractivity contribution is -0.104. The van der Waals surface area contributed by atoms with Crippen LogP contribution in [0.3, 0.4) is 0 Å². The predicted molar refractivity (Wildman–Crippen MR) is 87.7 cm³/mol. The predicted octanol–water partition coefficient (Wildman–Crippen LogP) is 4.60. The zero-order valence-electron chi connectivity index (χ0n) is 11.9. The highest BCUT2D eigenvalue weighted by molar-refractivity contribution is 6.07. The Bertz CT molecular complexity index is 761. The number of hydrogen-bond donors (Lipinski definition) is 0. The fourth-order valence-electron chi connectivity index (χ4n) is 2.52. The number of carbonyl (C=O) groups excluding carboxylic acids is 1. The second-order valence-electron chi connectivity index (χ2n) is 5.10. The molecule has 0 fully saturated rings. The van der Waals surface area contributed by atoms with Crippen molar-refractivity contribution >= 4 is 17.9 Å². The Morgan fingerprint density at radius 3 is 2.29 bits per heavy atom. The lowest BCUT2D eigenvalue weighted by Gasteiger charge is -2.19. The number of rotatable bonds is 4. The second kappa shape index (κ2) is 5.76. The standard InChI is InChI=1S/C20H16O/c1-15-7-5-6-8-16(15)11-12-18-13-19(14-21)20(18)17-9-3-2-4-10-17/h2-14H,1H3/b12-11+. The van der Waals surface area contributed by atoms with Crippen LogP contribution in [0.1, 0.15) is 16.7 Å². The van der Waals surface area contributed by atoms with Gasteiger partial charge in [0.05, 0.1) is 0 Å². The molecule has 2 aromatic carbocycles. The minimum absolute atomic E-state index is 0.769. The van der Waals surface area contributed by atoms with Crippen LogP contribution in [0.2, 0.25) is 0 Å². The van der Waals surface area contributed by atoms with Gasteiger partial charge < -0.3 is 0 Å². The van der Waals surface area contributed by atoms with E-state index in [-0.39, 0.29) is 0 Å². The van der Waals surface area contributed by atoms with Gasteiger partial charge in [0.15, 0.2) is 6.29 Å². The van der Waals surface area contributed by atoms with Crippen molar-refractivity contribution in [2.24, 2.45) is 0 Å². The Hall–Kier alpha value is -2.67. The molecule has 102 valence electrons. The number of hydrogen-bond acceptors (Lipinski definition) is 1. The van der Waals surface area contributed by atoms with E-state index in [1.165, 1.54) is 11.1 Å². The summed E-state index contributed by atoms with van der Waals surface area (Å²) in [5, 5.41) is 0. The summed E-state index contributed by atoms with van der Waals surface area (Å²) in [6, 6.07) is 18.3. The third kappa shape index (κ3) is 2.63. The molecule has 0 atom stereocenters. The summed E-state index contributed by atoms with van der Waals surface area (Å²) in [5.74, 6) is 0. The molecule has 1 heteroatoms. The molecule has 0 radical (unpaired) electrons. The van der Waals surface area contributed by atoms with Gasteiger partial charge in [-0.05, 0) is 40.8 Å². The summed E-state index contributed by atoms with van der Waals surface area (Å²) in [4.78, 5) is 11.1. The van der Waals surface area contributed by atoms with E-state index >= 15 is 0 Å².